The Morgan fingerprint density at radius 2 is 2.30 bits per heavy atom. The molecule has 1 aliphatic rings. The van der Waals surface area contributed by atoms with Crippen LogP contribution >= 0.6 is 11.6 Å². The average molecular weight is 333 g/mol. The first-order valence-corrected chi connectivity index (χ1v) is 8.21. The quantitative estimate of drug-likeness (QED) is 0.705. The molecule has 0 unspecified atom stereocenters. The molecular weight excluding hydrogens is 312 g/mol. The number of nitrogens with zero attached hydrogens (tertiary/aromatic N) is 3. The lowest BCUT2D eigenvalue weighted by molar-refractivity contribution is 0.253. The van der Waals surface area contributed by atoms with E-state index in [1.807, 2.05) is 24.3 Å². The van der Waals surface area contributed by atoms with E-state index in [2.05, 4.69) is 25.7 Å². The zero-order valence-electron chi connectivity index (χ0n) is 12.9. The second-order valence-electron chi connectivity index (χ2n) is 5.53. The maximum atomic E-state index is 6.08. The summed E-state index contributed by atoms with van der Waals surface area (Å²) in [5, 5.41) is 6.31. The Kier molecular flexibility index (Phi) is 5.27. The zero-order chi connectivity index (χ0) is 16.1. The van der Waals surface area contributed by atoms with Crippen molar-refractivity contribution < 1.29 is 0 Å². The van der Waals surface area contributed by atoms with Crippen LogP contribution in [0.1, 0.15) is 12.8 Å². The summed E-state index contributed by atoms with van der Waals surface area (Å²) >= 11 is 6.08. The minimum absolute atomic E-state index is 0.263. The maximum Gasteiger partial charge on any atom is 0.221 e. The van der Waals surface area contributed by atoms with Crippen molar-refractivity contribution in [2.75, 3.05) is 37.2 Å². The van der Waals surface area contributed by atoms with Crippen LogP contribution in [0.5, 0.6) is 0 Å². The summed E-state index contributed by atoms with van der Waals surface area (Å²) in [7, 11) is 0. The molecule has 6 nitrogen and oxygen atoms in total. The molecule has 7 heteroatoms. The molecule has 3 rings (SSSR count). The fourth-order valence-corrected chi connectivity index (χ4v) is 2.84. The molecule has 2 aromatic rings. The molecule has 1 aliphatic heterocycles. The van der Waals surface area contributed by atoms with E-state index >= 15 is 0 Å². The van der Waals surface area contributed by atoms with Gasteiger partial charge in [0.1, 0.15) is 5.82 Å². The Balaban J connectivity index is 1.66. The van der Waals surface area contributed by atoms with Gasteiger partial charge in [-0.1, -0.05) is 23.7 Å². The van der Waals surface area contributed by atoms with Gasteiger partial charge in [0.05, 0.1) is 0 Å². The molecule has 0 saturated carbocycles. The molecule has 2 heterocycles. The summed E-state index contributed by atoms with van der Waals surface area (Å²) in [5.41, 5.74) is 11.0. The van der Waals surface area contributed by atoms with E-state index in [0.717, 1.165) is 49.5 Å². The van der Waals surface area contributed by atoms with Gasteiger partial charge in [0.2, 0.25) is 5.95 Å². The minimum atomic E-state index is 0.263. The van der Waals surface area contributed by atoms with Crippen LogP contribution in [0, 0.1) is 0 Å². The predicted molar refractivity (Wildman–Crippen MR) is 94.2 cm³/mol. The third-order valence-electron chi connectivity index (χ3n) is 3.78. The van der Waals surface area contributed by atoms with E-state index in [1.165, 1.54) is 6.42 Å². The number of nitrogens with two attached hydrogens (primary N) is 1. The van der Waals surface area contributed by atoms with E-state index in [1.54, 1.807) is 6.20 Å². The molecule has 0 atom stereocenters. The molecule has 0 bridgehead atoms. The van der Waals surface area contributed by atoms with Crippen molar-refractivity contribution >= 4 is 23.4 Å². The molecule has 0 aliphatic carbocycles. The molecule has 1 aromatic carbocycles. The van der Waals surface area contributed by atoms with Gasteiger partial charge in [-0.3, -0.25) is 5.43 Å². The highest BCUT2D eigenvalue weighted by atomic mass is 35.5. The van der Waals surface area contributed by atoms with E-state index in [-0.39, 0.29) is 5.95 Å². The summed E-state index contributed by atoms with van der Waals surface area (Å²) in [6.07, 6.45) is 3.97. The predicted octanol–water partition coefficient (Wildman–Crippen LogP) is 2.39. The van der Waals surface area contributed by atoms with Gasteiger partial charge in [-0.2, -0.15) is 4.98 Å². The fraction of sp³-hybridized carbons (Fsp3) is 0.375. The number of aromatic nitrogens is 2. The van der Waals surface area contributed by atoms with E-state index in [4.69, 9.17) is 17.3 Å². The maximum absolute atomic E-state index is 6.08. The third-order valence-corrected chi connectivity index (χ3v) is 4.02. The molecule has 1 aromatic heterocycles. The van der Waals surface area contributed by atoms with Crippen molar-refractivity contribution in [1.82, 2.24) is 20.4 Å². The van der Waals surface area contributed by atoms with Gasteiger partial charge in [0, 0.05) is 43.0 Å². The zero-order valence-corrected chi connectivity index (χ0v) is 13.7. The molecule has 122 valence electrons. The largest absolute Gasteiger partial charge is 0.369 e. The first kappa shape index (κ1) is 16.0. The summed E-state index contributed by atoms with van der Waals surface area (Å²) in [6, 6.07) is 7.64. The Labute approximate surface area is 141 Å². The Morgan fingerprint density at radius 1 is 1.39 bits per heavy atom. The molecule has 4 N–H and O–H groups in total. The van der Waals surface area contributed by atoms with Crippen molar-refractivity contribution in [3.63, 3.8) is 0 Å². The van der Waals surface area contributed by atoms with Crippen LogP contribution in [-0.2, 0) is 0 Å². The van der Waals surface area contributed by atoms with E-state index < -0.39 is 0 Å². The summed E-state index contributed by atoms with van der Waals surface area (Å²) in [6.45, 7) is 4.03. The normalized spacial score (nSPS) is 15.0. The molecule has 0 spiro atoms. The van der Waals surface area contributed by atoms with Crippen LogP contribution in [0.2, 0.25) is 5.02 Å². The third kappa shape index (κ3) is 4.31. The van der Waals surface area contributed by atoms with Crippen LogP contribution in [0.25, 0.3) is 11.1 Å². The van der Waals surface area contributed by atoms with Crippen LogP contribution < -0.4 is 16.5 Å². The lowest BCUT2D eigenvalue weighted by atomic mass is 10.1. The van der Waals surface area contributed by atoms with Crippen LogP contribution in [0.3, 0.4) is 0 Å². The molecule has 0 radical (unpaired) electrons. The average Bonchev–Trinajstić information content (AvgIpc) is 3.05. The second kappa shape index (κ2) is 7.59. The Bertz CT molecular complexity index is 657. The topological polar surface area (TPSA) is 79.1 Å². The molecule has 1 saturated heterocycles. The Hall–Kier alpha value is -1.89. The first-order chi connectivity index (χ1) is 11.2. The SMILES string of the molecule is Nc1ncc(-c2cccc(Cl)c2)c(NCCCN2CCCN2)n1. The molecule has 1 fully saturated rings. The van der Waals surface area contributed by atoms with E-state index in [9.17, 15) is 0 Å². The smallest absolute Gasteiger partial charge is 0.221 e. The van der Waals surface area contributed by atoms with Gasteiger partial charge in [0.25, 0.3) is 0 Å². The summed E-state index contributed by atoms with van der Waals surface area (Å²) in [5.74, 6) is 1.01. The Morgan fingerprint density at radius 3 is 3.09 bits per heavy atom. The van der Waals surface area contributed by atoms with Gasteiger partial charge in [-0.15, -0.1) is 0 Å². The number of hydrazine groups is 1. The van der Waals surface area contributed by atoms with Crippen molar-refractivity contribution in [3.05, 3.63) is 35.5 Å². The molecule has 0 amide bonds. The lowest BCUT2D eigenvalue weighted by Crippen LogP contribution is -2.32. The highest BCUT2D eigenvalue weighted by Crippen LogP contribution is 2.28. The van der Waals surface area contributed by atoms with Gasteiger partial charge >= 0.3 is 0 Å². The lowest BCUT2D eigenvalue weighted by Gasteiger charge is -2.16. The van der Waals surface area contributed by atoms with Gasteiger partial charge in [0.15, 0.2) is 0 Å². The first-order valence-electron chi connectivity index (χ1n) is 7.83. The van der Waals surface area contributed by atoms with Crippen LogP contribution in [-0.4, -0.2) is 41.2 Å². The second-order valence-corrected chi connectivity index (χ2v) is 5.97. The molecule has 23 heavy (non-hydrogen) atoms. The van der Waals surface area contributed by atoms with Crippen LogP contribution in [0.4, 0.5) is 11.8 Å². The minimum Gasteiger partial charge on any atom is -0.369 e. The number of benzene rings is 1. The number of halogens is 1. The van der Waals surface area contributed by atoms with Crippen LogP contribution in [0.15, 0.2) is 30.5 Å². The van der Waals surface area contributed by atoms with Gasteiger partial charge in [-0.25, -0.2) is 9.99 Å². The fourth-order valence-electron chi connectivity index (χ4n) is 2.65. The van der Waals surface area contributed by atoms with Crippen molar-refractivity contribution in [3.8, 4) is 11.1 Å². The standard InChI is InChI=1S/C16H21ClN6/c17-13-5-1-4-12(10-13)14-11-20-16(18)22-15(14)19-6-2-8-23-9-3-7-21-23/h1,4-5,10-11,21H,2-3,6-9H2,(H3,18,19,20,22). The van der Waals surface area contributed by atoms with Crippen molar-refractivity contribution in [1.29, 1.82) is 0 Å². The van der Waals surface area contributed by atoms with Gasteiger partial charge < -0.3 is 11.1 Å². The van der Waals surface area contributed by atoms with E-state index in [0.29, 0.717) is 5.02 Å². The number of nitrogen functional groups attached to an aromatic ring is 1. The number of hydrogen-bond acceptors (Lipinski definition) is 6. The monoisotopic (exact) mass is 332 g/mol. The van der Waals surface area contributed by atoms with Gasteiger partial charge in [-0.05, 0) is 30.5 Å². The van der Waals surface area contributed by atoms with Crippen molar-refractivity contribution in [2.24, 2.45) is 0 Å². The number of anilines is 2. The summed E-state index contributed by atoms with van der Waals surface area (Å²) < 4.78 is 0. The van der Waals surface area contributed by atoms with Crippen molar-refractivity contribution in [2.45, 2.75) is 12.8 Å². The molecular formula is C16H21ClN6. The highest BCUT2D eigenvalue weighted by Gasteiger charge is 2.11. The number of rotatable bonds is 6. The highest BCUT2D eigenvalue weighted by molar-refractivity contribution is 6.30. The number of nitrogens with one attached hydrogen (secondary N) is 2. The summed E-state index contributed by atoms with van der Waals surface area (Å²) in [4.78, 5) is 8.43. The number of hydrogen-bond donors (Lipinski definition) is 3.